The van der Waals surface area contributed by atoms with E-state index in [1.807, 2.05) is 5.32 Å². The second-order valence-electron chi connectivity index (χ2n) is 4.54. The zero-order valence-electron chi connectivity index (χ0n) is 18.8. The summed E-state index contributed by atoms with van der Waals surface area (Å²) in [6.45, 7) is -7.16. The molecule has 2 aromatic rings. The molecular formula is C16H17N3O2. The van der Waals surface area contributed by atoms with E-state index in [0.717, 1.165) is 0 Å². The van der Waals surface area contributed by atoms with Gasteiger partial charge in [0, 0.05) is 26.1 Å². The maximum Gasteiger partial charge on any atom is 0.329 e. The second-order valence-corrected chi connectivity index (χ2v) is 4.54. The minimum Gasteiger partial charge on any atom is -0.398 e. The number of nitrogen functional groups attached to an aromatic ring is 1. The highest BCUT2D eigenvalue weighted by Crippen LogP contribution is 2.32. The number of nitrogens with zero attached hydrogens (tertiary/aromatic N) is 1. The van der Waals surface area contributed by atoms with Crippen LogP contribution in [0.5, 0.6) is 0 Å². The zero-order valence-corrected chi connectivity index (χ0v) is 10.8. The normalized spacial score (nSPS) is 29.4. The van der Waals surface area contributed by atoms with E-state index in [1.54, 1.807) is 24.3 Å². The first-order valence-electron chi connectivity index (χ1n) is 10.1. The molecule has 0 bridgehead atoms. The molecule has 1 atom stereocenters. The molecule has 108 valence electrons. The Kier molecular flexibility index (Phi) is 1.57. The monoisotopic (exact) mass is 291 g/mol. The number of amides is 3. The third-order valence-electron chi connectivity index (χ3n) is 3.28. The van der Waals surface area contributed by atoms with Crippen LogP contribution in [0.15, 0.2) is 36.4 Å². The number of hydrogen-bond acceptors (Lipinski definition) is 3. The van der Waals surface area contributed by atoms with Gasteiger partial charge in [-0.15, -0.1) is 0 Å². The van der Waals surface area contributed by atoms with Gasteiger partial charge in [0.2, 0.25) is 0 Å². The van der Waals surface area contributed by atoms with Crippen molar-refractivity contribution in [3.05, 3.63) is 36.4 Å². The minimum atomic E-state index is -3.61. The van der Waals surface area contributed by atoms with Crippen molar-refractivity contribution in [2.45, 2.75) is 19.7 Å². The number of carbonyl (C=O) groups excluding carboxylic acids is 2. The Hall–Kier alpha value is -2.56. The van der Waals surface area contributed by atoms with Crippen LogP contribution in [0.3, 0.4) is 0 Å². The third-order valence-corrected chi connectivity index (χ3v) is 3.28. The highest BCUT2D eigenvalue weighted by molar-refractivity contribution is 6.24. The first kappa shape index (κ1) is 6.93. The van der Waals surface area contributed by atoms with Crippen LogP contribution >= 0.6 is 0 Å². The lowest BCUT2D eigenvalue weighted by molar-refractivity contribution is -0.119. The Morgan fingerprint density at radius 1 is 1.29 bits per heavy atom. The van der Waals surface area contributed by atoms with E-state index in [9.17, 15) is 9.59 Å². The van der Waals surface area contributed by atoms with E-state index in [-0.39, 0.29) is 5.69 Å². The van der Waals surface area contributed by atoms with Crippen molar-refractivity contribution in [2.75, 3.05) is 10.6 Å². The average Bonchev–Trinajstić information content (AvgIpc) is 2.82. The number of hydrogen-bond donors (Lipinski definition) is 2. The molecule has 1 fully saturated rings. The van der Waals surface area contributed by atoms with E-state index in [4.69, 9.17) is 16.7 Å². The number of carbonyl (C=O) groups is 2. The summed E-state index contributed by atoms with van der Waals surface area (Å²) in [7, 11) is 0. The fourth-order valence-corrected chi connectivity index (χ4v) is 2.32. The van der Waals surface area contributed by atoms with E-state index in [2.05, 4.69) is 0 Å². The molecule has 1 heterocycles. The topological polar surface area (TPSA) is 75.4 Å². The van der Waals surface area contributed by atoms with Gasteiger partial charge in [0.25, 0.3) is 5.91 Å². The van der Waals surface area contributed by atoms with E-state index in [1.165, 1.54) is 12.1 Å². The number of rotatable bonds is 2. The largest absolute Gasteiger partial charge is 0.398 e. The van der Waals surface area contributed by atoms with Gasteiger partial charge in [0.05, 0.1) is 7.06 Å². The summed E-state index contributed by atoms with van der Waals surface area (Å²) >= 11 is 0. The van der Waals surface area contributed by atoms with Crippen molar-refractivity contribution in [2.24, 2.45) is 5.89 Å². The fourth-order valence-electron chi connectivity index (χ4n) is 2.32. The molecule has 0 saturated carbocycles. The standard InChI is InChI=1S/C16H17N3O2/c1-9(2)14-15(20)19(16(21)18-14)13-8-4-5-10-11(13)6-3-7-12(10)17/h3-9,14H,17H2,1-2H3,(H,18,21)/i1D3,2D3,9D,14D. The molecule has 0 radical (unpaired) electrons. The summed E-state index contributed by atoms with van der Waals surface area (Å²) in [5.41, 5.74) is 6.26. The molecule has 1 saturated heterocycles. The third kappa shape index (κ3) is 2.01. The maximum atomic E-state index is 13.1. The number of nitrogens with one attached hydrogen (secondary N) is 1. The molecule has 1 aliphatic heterocycles. The molecular weight excluding hydrogens is 266 g/mol. The molecule has 1 unspecified atom stereocenters. The van der Waals surface area contributed by atoms with Gasteiger partial charge in [-0.2, -0.15) is 0 Å². The van der Waals surface area contributed by atoms with Crippen LogP contribution in [-0.4, -0.2) is 18.0 Å². The molecule has 0 spiro atoms. The van der Waals surface area contributed by atoms with Crippen molar-refractivity contribution in [1.29, 1.82) is 0 Å². The van der Waals surface area contributed by atoms with Gasteiger partial charge >= 0.3 is 6.03 Å². The first-order valence-corrected chi connectivity index (χ1v) is 6.11. The van der Waals surface area contributed by atoms with Crippen molar-refractivity contribution >= 4 is 34.1 Å². The van der Waals surface area contributed by atoms with Gasteiger partial charge in [-0.05, 0) is 18.0 Å². The Morgan fingerprint density at radius 2 is 2.00 bits per heavy atom. The van der Waals surface area contributed by atoms with Gasteiger partial charge in [0.15, 0.2) is 0 Å². The summed E-state index contributed by atoms with van der Waals surface area (Å²) in [5.74, 6) is -5.09. The number of fused-ring (bicyclic) bond motifs is 1. The van der Waals surface area contributed by atoms with Crippen LogP contribution in [0, 0.1) is 5.89 Å². The smallest absolute Gasteiger partial charge is 0.329 e. The highest BCUT2D eigenvalue weighted by atomic mass is 16.2. The number of nitrogens with two attached hydrogens (primary N) is 1. The predicted octanol–water partition coefficient (Wildman–Crippen LogP) is 2.50. The number of imide groups is 1. The average molecular weight is 291 g/mol. The van der Waals surface area contributed by atoms with Gasteiger partial charge in [-0.25, -0.2) is 9.69 Å². The molecule has 2 aromatic carbocycles. The molecule has 0 aromatic heterocycles. The predicted molar refractivity (Wildman–Crippen MR) is 83.0 cm³/mol. The molecule has 3 rings (SSSR count). The van der Waals surface area contributed by atoms with Crippen LogP contribution in [0.4, 0.5) is 16.2 Å². The summed E-state index contributed by atoms with van der Waals surface area (Å²) in [6.07, 6.45) is 0. The van der Waals surface area contributed by atoms with Gasteiger partial charge in [0.1, 0.15) is 6.02 Å². The Morgan fingerprint density at radius 3 is 2.76 bits per heavy atom. The highest BCUT2D eigenvalue weighted by Gasteiger charge is 2.41. The second kappa shape index (κ2) is 4.77. The van der Waals surface area contributed by atoms with Crippen molar-refractivity contribution < 1.29 is 20.6 Å². The van der Waals surface area contributed by atoms with E-state index >= 15 is 0 Å². The van der Waals surface area contributed by atoms with Crippen LogP contribution < -0.4 is 16.0 Å². The molecule has 1 aliphatic rings. The van der Waals surface area contributed by atoms with Crippen molar-refractivity contribution in [3.8, 4) is 0 Å². The SMILES string of the molecule is [2H]C([2H])([2H])C([2H])(C([2H])([2H])[2H])C1([2H])NC(=O)N(c2cccc3c(N)cccc23)C1=O. The Labute approximate surface area is 134 Å². The van der Waals surface area contributed by atoms with Gasteiger partial charge < -0.3 is 11.1 Å². The summed E-state index contributed by atoms with van der Waals surface area (Å²) in [5, 5.41) is 2.68. The quantitative estimate of drug-likeness (QED) is 0.659. The van der Waals surface area contributed by atoms with Crippen molar-refractivity contribution in [1.82, 2.24) is 5.32 Å². The molecule has 0 aliphatic carbocycles. The van der Waals surface area contributed by atoms with Crippen LogP contribution in [0.25, 0.3) is 10.8 Å². The van der Waals surface area contributed by atoms with Crippen molar-refractivity contribution in [3.63, 3.8) is 0 Å². The lowest BCUT2D eigenvalue weighted by Crippen LogP contribution is -2.34. The lowest BCUT2D eigenvalue weighted by atomic mass is 10.0. The fraction of sp³-hybridized carbons (Fsp3) is 0.250. The summed E-state index contributed by atoms with van der Waals surface area (Å²) in [4.78, 5) is 26.2. The zero-order chi connectivity index (χ0) is 22.0. The minimum absolute atomic E-state index is 0.00939. The van der Waals surface area contributed by atoms with Crippen LogP contribution in [0.1, 0.15) is 24.7 Å². The maximum absolute atomic E-state index is 13.1. The molecule has 3 N–H and O–H groups in total. The number of anilines is 2. The summed E-state index contributed by atoms with van der Waals surface area (Å²) < 4.78 is 61.8. The van der Waals surface area contributed by atoms with Crippen LogP contribution in [-0.2, 0) is 4.79 Å². The van der Waals surface area contributed by atoms with E-state index < -0.39 is 37.6 Å². The molecule has 3 amide bonds. The van der Waals surface area contributed by atoms with Gasteiger partial charge in [-0.3, -0.25) is 4.79 Å². The Bertz CT molecular complexity index is 1010. The molecule has 5 heteroatoms. The van der Waals surface area contributed by atoms with Gasteiger partial charge in [-0.1, -0.05) is 38.0 Å². The summed E-state index contributed by atoms with van der Waals surface area (Å²) in [6, 6.07) is 4.78. The molecule has 5 nitrogen and oxygen atoms in total. The number of urea groups is 1. The Balaban J connectivity index is 2.23. The lowest BCUT2D eigenvalue weighted by Gasteiger charge is -2.17. The molecule has 21 heavy (non-hydrogen) atoms. The van der Waals surface area contributed by atoms with E-state index in [0.29, 0.717) is 21.4 Å². The number of benzene rings is 2. The van der Waals surface area contributed by atoms with Crippen LogP contribution in [0.2, 0.25) is 0 Å². The first-order chi connectivity index (χ1) is 13.2.